The first-order valence-corrected chi connectivity index (χ1v) is 9.09. The van der Waals surface area contributed by atoms with Gasteiger partial charge in [-0.1, -0.05) is 29.8 Å². The average Bonchev–Trinajstić information content (AvgIpc) is 2.64. The Balaban J connectivity index is 1.35. The van der Waals surface area contributed by atoms with Gasteiger partial charge in [0.1, 0.15) is 12.4 Å². The molecule has 0 bridgehead atoms. The highest BCUT2D eigenvalue weighted by molar-refractivity contribution is 6.30. The third-order valence-corrected chi connectivity index (χ3v) is 4.59. The van der Waals surface area contributed by atoms with E-state index in [4.69, 9.17) is 16.3 Å². The number of ether oxygens (including phenoxy) is 1. The minimum atomic E-state index is -0.205. The molecule has 0 radical (unpaired) electrons. The SMILES string of the molecule is O=C(NCCOc1ccc2c(c1)CCCC2)NCc1ccc(Cl)cc1. The summed E-state index contributed by atoms with van der Waals surface area (Å²) in [7, 11) is 0. The first-order valence-electron chi connectivity index (χ1n) is 8.71. The highest BCUT2D eigenvalue weighted by Crippen LogP contribution is 2.25. The van der Waals surface area contributed by atoms with E-state index in [9.17, 15) is 4.79 Å². The lowest BCUT2D eigenvalue weighted by atomic mass is 9.92. The number of carbonyl (C=O) groups excluding carboxylic acids is 1. The van der Waals surface area contributed by atoms with Gasteiger partial charge in [-0.3, -0.25) is 0 Å². The maximum absolute atomic E-state index is 11.8. The van der Waals surface area contributed by atoms with Crippen molar-refractivity contribution in [2.45, 2.75) is 32.2 Å². The molecule has 2 N–H and O–H groups in total. The largest absolute Gasteiger partial charge is 0.492 e. The highest BCUT2D eigenvalue weighted by atomic mass is 35.5. The number of carbonyl (C=O) groups is 1. The molecule has 0 unspecified atom stereocenters. The molecule has 0 heterocycles. The second-order valence-electron chi connectivity index (χ2n) is 6.22. The van der Waals surface area contributed by atoms with Crippen molar-refractivity contribution in [3.8, 4) is 5.75 Å². The van der Waals surface area contributed by atoms with Crippen molar-refractivity contribution in [2.75, 3.05) is 13.2 Å². The summed E-state index contributed by atoms with van der Waals surface area (Å²) in [6, 6.07) is 13.5. The molecule has 5 heteroatoms. The molecule has 0 atom stereocenters. The second-order valence-corrected chi connectivity index (χ2v) is 6.66. The molecule has 1 aliphatic rings. The van der Waals surface area contributed by atoms with Crippen LogP contribution in [0.3, 0.4) is 0 Å². The molecule has 0 saturated carbocycles. The summed E-state index contributed by atoms with van der Waals surface area (Å²) in [5.74, 6) is 0.879. The quantitative estimate of drug-likeness (QED) is 0.764. The van der Waals surface area contributed by atoms with Gasteiger partial charge in [0, 0.05) is 11.6 Å². The van der Waals surface area contributed by atoms with E-state index in [1.165, 1.54) is 30.4 Å². The van der Waals surface area contributed by atoms with Crippen LogP contribution in [-0.4, -0.2) is 19.2 Å². The van der Waals surface area contributed by atoms with Crippen LogP contribution in [0.5, 0.6) is 5.75 Å². The van der Waals surface area contributed by atoms with Gasteiger partial charge in [0.15, 0.2) is 0 Å². The van der Waals surface area contributed by atoms with Crippen molar-refractivity contribution in [3.05, 3.63) is 64.2 Å². The maximum atomic E-state index is 11.8. The first kappa shape index (κ1) is 17.6. The van der Waals surface area contributed by atoms with Crippen LogP contribution in [0.15, 0.2) is 42.5 Å². The predicted molar refractivity (Wildman–Crippen MR) is 100 cm³/mol. The number of amides is 2. The number of fused-ring (bicyclic) bond motifs is 1. The van der Waals surface area contributed by atoms with Crippen molar-refractivity contribution in [2.24, 2.45) is 0 Å². The minimum absolute atomic E-state index is 0.205. The second kappa shape index (κ2) is 8.77. The van der Waals surface area contributed by atoms with Crippen LogP contribution in [0.4, 0.5) is 4.79 Å². The molecule has 0 fully saturated rings. The topological polar surface area (TPSA) is 50.4 Å². The third-order valence-electron chi connectivity index (χ3n) is 4.34. The molecular formula is C20H23ClN2O2. The number of hydrogen-bond donors (Lipinski definition) is 2. The molecular weight excluding hydrogens is 336 g/mol. The van der Waals surface area contributed by atoms with E-state index < -0.39 is 0 Å². The summed E-state index contributed by atoms with van der Waals surface area (Å²) in [5.41, 5.74) is 3.85. The van der Waals surface area contributed by atoms with Gasteiger partial charge in [0.25, 0.3) is 0 Å². The number of urea groups is 1. The number of aryl methyl sites for hydroxylation is 2. The van der Waals surface area contributed by atoms with Gasteiger partial charge < -0.3 is 15.4 Å². The molecule has 0 saturated heterocycles. The average molecular weight is 359 g/mol. The van der Waals surface area contributed by atoms with E-state index in [1.807, 2.05) is 30.3 Å². The molecule has 2 aromatic rings. The van der Waals surface area contributed by atoms with Crippen LogP contribution in [0.1, 0.15) is 29.5 Å². The van der Waals surface area contributed by atoms with Crippen LogP contribution >= 0.6 is 11.6 Å². The zero-order valence-electron chi connectivity index (χ0n) is 14.2. The van der Waals surface area contributed by atoms with Crippen molar-refractivity contribution < 1.29 is 9.53 Å². The zero-order chi connectivity index (χ0) is 17.5. The lowest BCUT2D eigenvalue weighted by Crippen LogP contribution is -2.37. The highest BCUT2D eigenvalue weighted by Gasteiger charge is 2.09. The predicted octanol–water partition coefficient (Wildman–Crippen LogP) is 4.10. The number of rotatable bonds is 6. The molecule has 0 spiro atoms. The molecule has 0 aliphatic heterocycles. The van der Waals surface area contributed by atoms with Gasteiger partial charge in [-0.2, -0.15) is 0 Å². The molecule has 2 amide bonds. The molecule has 132 valence electrons. The number of hydrogen-bond acceptors (Lipinski definition) is 2. The Bertz CT molecular complexity index is 716. The Morgan fingerprint density at radius 2 is 1.76 bits per heavy atom. The fourth-order valence-corrected chi connectivity index (χ4v) is 3.11. The maximum Gasteiger partial charge on any atom is 0.315 e. The summed E-state index contributed by atoms with van der Waals surface area (Å²) in [5, 5.41) is 6.29. The molecule has 2 aromatic carbocycles. The molecule has 4 nitrogen and oxygen atoms in total. The van der Waals surface area contributed by atoms with Gasteiger partial charge >= 0.3 is 6.03 Å². The lowest BCUT2D eigenvalue weighted by molar-refractivity contribution is 0.236. The van der Waals surface area contributed by atoms with Crippen LogP contribution in [0.2, 0.25) is 5.02 Å². The van der Waals surface area contributed by atoms with Crippen LogP contribution in [0.25, 0.3) is 0 Å². The summed E-state index contributed by atoms with van der Waals surface area (Å²) in [6.45, 7) is 1.38. The monoisotopic (exact) mass is 358 g/mol. The van der Waals surface area contributed by atoms with Gasteiger partial charge in [-0.15, -0.1) is 0 Å². The molecule has 0 aromatic heterocycles. The van der Waals surface area contributed by atoms with Gasteiger partial charge in [-0.25, -0.2) is 4.79 Å². The Morgan fingerprint density at radius 1 is 1.00 bits per heavy atom. The van der Waals surface area contributed by atoms with Gasteiger partial charge in [-0.05, 0) is 66.6 Å². The summed E-state index contributed by atoms with van der Waals surface area (Å²) in [6.07, 6.45) is 4.84. The Morgan fingerprint density at radius 3 is 2.56 bits per heavy atom. The van der Waals surface area contributed by atoms with Crippen molar-refractivity contribution in [1.29, 1.82) is 0 Å². The fraction of sp³-hybridized carbons (Fsp3) is 0.350. The summed E-state index contributed by atoms with van der Waals surface area (Å²) < 4.78 is 5.74. The Labute approximate surface area is 153 Å². The van der Waals surface area contributed by atoms with Gasteiger partial charge in [0.2, 0.25) is 0 Å². The van der Waals surface area contributed by atoms with Crippen LogP contribution in [-0.2, 0) is 19.4 Å². The smallest absolute Gasteiger partial charge is 0.315 e. The van der Waals surface area contributed by atoms with Crippen molar-refractivity contribution in [3.63, 3.8) is 0 Å². The van der Waals surface area contributed by atoms with E-state index >= 15 is 0 Å². The number of benzene rings is 2. The Hall–Kier alpha value is -2.20. The molecule has 25 heavy (non-hydrogen) atoms. The van der Waals surface area contributed by atoms with E-state index in [2.05, 4.69) is 22.8 Å². The fourth-order valence-electron chi connectivity index (χ4n) is 2.98. The zero-order valence-corrected chi connectivity index (χ0v) is 14.9. The van der Waals surface area contributed by atoms with E-state index in [0.717, 1.165) is 17.7 Å². The van der Waals surface area contributed by atoms with E-state index in [1.54, 1.807) is 0 Å². The minimum Gasteiger partial charge on any atom is -0.492 e. The standard InChI is InChI=1S/C20H23ClN2O2/c21-18-8-5-15(6-9-18)14-23-20(24)22-11-12-25-19-10-7-16-3-1-2-4-17(16)13-19/h5-10,13H,1-4,11-12,14H2,(H2,22,23,24). The number of nitrogens with one attached hydrogen (secondary N) is 2. The van der Waals surface area contributed by atoms with Gasteiger partial charge in [0.05, 0.1) is 6.54 Å². The normalized spacial score (nSPS) is 13.0. The Kier molecular flexibility index (Phi) is 6.18. The third kappa shape index (κ3) is 5.40. The molecule has 1 aliphatic carbocycles. The van der Waals surface area contributed by atoms with E-state index in [0.29, 0.717) is 24.7 Å². The van der Waals surface area contributed by atoms with E-state index in [-0.39, 0.29) is 6.03 Å². The van der Waals surface area contributed by atoms with Crippen LogP contribution in [0, 0.1) is 0 Å². The summed E-state index contributed by atoms with van der Waals surface area (Å²) >= 11 is 5.83. The first-order chi connectivity index (χ1) is 12.2. The lowest BCUT2D eigenvalue weighted by Gasteiger charge is -2.17. The van der Waals surface area contributed by atoms with Crippen molar-refractivity contribution in [1.82, 2.24) is 10.6 Å². The number of halogens is 1. The molecule has 3 rings (SSSR count). The van der Waals surface area contributed by atoms with Crippen LogP contribution < -0.4 is 15.4 Å². The van der Waals surface area contributed by atoms with Crippen molar-refractivity contribution >= 4 is 17.6 Å². The summed E-state index contributed by atoms with van der Waals surface area (Å²) in [4.78, 5) is 11.8.